The Morgan fingerprint density at radius 2 is 1.74 bits per heavy atom. The van der Waals surface area contributed by atoms with E-state index in [1.807, 2.05) is 51.3 Å². The number of benzene rings is 1. The van der Waals surface area contributed by atoms with Gasteiger partial charge in [0.25, 0.3) is 0 Å². The minimum atomic E-state index is -0.232. The van der Waals surface area contributed by atoms with Crippen LogP contribution in [0.4, 0.5) is 5.69 Å². The molecule has 0 spiro atoms. The summed E-state index contributed by atoms with van der Waals surface area (Å²) < 4.78 is 0. The normalized spacial score (nSPS) is 10.5. The molecule has 2 rings (SSSR count). The highest BCUT2D eigenvalue weighted by Gasteiger charge is 2.12. The lowest BCUT2D eigenvalue weighted by Gasteiger charge is -2.11. The third kappa shape index (κ3) is 6.06. The van der Waals surface area contributed by atoms with Gasteiger partial charge in [0.15, 0.2) is 5.16 Å². The van der Waals surface area contributed by atoms with Gasteiger partial charge >= 0.3 is 0 Å². The Bertz CT molecular complexity index is 800. The van der Waals surface area contributed by atoms with Crippen LogP contribution in [0.15, 0.2) is 29.4 Å². The summed E-state index contributed by atoms with van der Waals surface area (Å²) in [6.45, 7) is 5.85. The second kappa shape index (κ2) is 10.1. The number of hydrogen-bond donors (Lipinski definition) is 2. The van der Waals surface area contributed by atoms with Crippen molar-refractivity contribution in [2.45, 2.75) is 45.2 Å². The number of amides is 2. The smallest absolute Gasteiger partial charge is 0.243 e. The number of para-hydroxylation sites is 1. The fraction of sp³-hybridized carbons (Fsp3) is 0.400. The molecule has 27 heavy (non-hydrogen) atoms. The second-order valence-electron chi connectivity index (χ2n) is 6.20. The van der Waals surface area contributed by atoms with E-state index in [9.17, 15) is 9.59 Å². The van der Waals surface area contributed by atoms with Crippen LogP contribution in [0.25, 0.3) is 0 Å². The average molecular weight is 387 g/mol. The van der Waals surface area contributed by atoms with Crippen LogP contribution in [0.3, 0.4) is 0 Å². The molecule has 0 aliphatic carbocycles. The summed E-state index contributed by atoms with van der Waals surface area (Å²) in [6.07, 6.45) is 3.62. The van der Waals surface area contributed by atoms with Crippen LogP contribution in [0.1, 0.15) is 35.9 Å². The maximum absolute atomic E-state index is 12.1. The van der Waals surface area contributed by atoms with Crippen LogP contribution in [0.5, 0.6) is 0 Å². The van der Waals surface area contributed by atoms with Crippen LogP contribution in [0, 0.1) is 13.8 Å². The van der Waals surface area contributed by atoms with Crippen molar-refractivity contribution < 1.29 is 9.59 Å². The van der Waals surface area contributed by atoms with Crippen LogP contribution in [-0.4, -0.2) is 34.6 Å². The molecule has 2 amide bonds. The zero-order valence-corrected chi connectivity index (χ0v) is 17.1. The Balaban J connectivity index is 1.83. The molecule has 0 atom stereocenters. The van der Waals surface area contributed by atoms with Gasteiger partial charge in [0.1, 0.15) is 0 Å². The zero-order chi connectivity index (χ0) is 19.8. The second-order valence-corrected chi connectivity index (χ2v) is 6.97. The first kappa shape index (κ1) is 20.9. The molecule has 1 aromatic heterocycles. The highest BCUT2D eigenvalue weighted by atomic mass is 32.2. The Morgan fingerprint density at radius 3 is 2.37 bits per heavy atom. The van der Waals surface area contributed by atoms with Crippen molar-refractivity contribution in [3.63, 3.8) is 0 Å². The molecule has 7 heteroatoms. The molecule has 1 heterocycles. The van der Waals surface area contributed by atoms with E-state index in [2.05, 4.69) is 20.6 Å². The lowest BCUT2D eigenvalue weighted by atomic mass is 10.1. The van der Waals surface area contributed by atoms with Gasteiger partial charge in [-0.1, -0.05) is 36.9 Å². The lowest BCUT2D eigenvalue weighted by Crippen LogP contribution is -2.33. The highest BCUT2D eigenvalue weighted by molar-refractivity contribution is 7.98. The predicted molar refractivity (Wildman–Crippen MR) is 109 cm³/mol. The number of nitrogens with one attached hydrogen (secondary N) is 2. The van der Waals surface area contributed by atoms with E-state index >= 15 is 0 Å². The van der Waals surface area contributed by atoms with Crippen molar-refractivity contribution in [2.75, 3.05) is 18.1 Å². The monoisotopic (exact) mass is 386 g/mol. The van der Waals surface area contributed by atoms with Gasteiger partial charge in [0, 0.05) is 23.5 Å². The summed E-state index contributed by atoms with van der Waals surface area (Å²) in [5, 5.41) is 6.26. The molecular weight excluding hydrogens is 360 g/mol. The number of nitrogens with zero attached hydrogens (tertiary/aromatic N) is 2. The maximum Gasteiger partial charge on any atom is 0.243 e. The fourth-order valence-electron chi connectivity index (χ4n) is 2.81. The summed E-state index contributed by atoms with van der Waals surface area (Å²) in [5.41, 5.74) is 4.64. The Kier molecular flexibility index (Phi) is 7.79. The first-order valence-corrected chi connectivity index (χ1v) is 10.2. The molecule has 6 nitrogen and oxygen atoms in total. The molecule has 0 radical (unpaired) electrons. The van der Waals surface area contributed by atoms with Gasteiger partial charge < -0.3 is 10.6 Å². The van der Waals surface area contributed by atoms with Crippen molar-refractivity contribution >= 4 is 29.3 Å². The van der Waals surface area contributed by atoms with Crippen molar-refractivity contribution in [1.82, 2.24) is 15.3 Å². The van der Waals surface area contributed by atoms with Crippen LogP contribution in [-0.2, 0) is 22.4 Å². The quantitative estimate of drug-likeness (QED) is 0.538. The zero-order valence-electron chi connectivity index (χ0n) is 16.3. The molecule has 0 saturated carbocycles. The molecule has 1 aromatic carbocycles. The topological polar surface area (TPSA) is 84.0 Å². The van der Waals surface area contributed by atoms with Gasteiger partial charge in [-0.15, -0.1) is 0 Å². The van der Waals surface area contributed by atoms with E-state index in [1.54, 1.807) is 0 Å². The molecule has 2 N–H and O–H groups in total. The average Bonchev–Trinajstić information content (AvgIpc) is 2.65. The predicted octanol–water partition coefficient (Wildman–Crippen LogP) is 3.07. The number of carbonyl (C=O) groups excluding carboxylic acids is 2. The highest BCUT2D eigenvalue weighted by Crippen LogP contribution is 2.17. The van der Waals surface area contributed by atoms with E-state index in [4.69, 9.17) is 0 Å². The standard InChI is InChI=1S/C20H26N4O2S/c1-5-15-8-6-7-9-17(15)24-19(26)12-21-18(25)11-10-16-13(2)22-20(27-4)23-14(16)3/h6-9H,5,10-12H2,1-4H3,(H,21,25)(H,24,26). The Morgan fingerprint density at radius 1 is 1.07 bits per heavy atom. The maximum atomic E-state index is 12.1. The van der Waals surface area contributed by atoms with E-state index in [-0.39, 0.29) is 18.4 Å². The van der Waals surface area contributed by atoms with Crippen LogP contribution < -0.4 is 10.6 Å². The van der Waals surface area contributed by atoms with Crippen molar-refractivity contribution in [3.05, 3.63) is 46.8 Å². The van der Waals surface area contributed by atoms with Gasteiger partial charge in [-0.25, -0.2) is 9.97 Å². The summed E-state index contributed by atoms with van der Waals surface area (Å²) in [6, 6.07) is 7.66. The summed E-state index contributed by atoms with van der Waals surface area (Å²) in [5.74, 6) is -0.397. The molecule has 0 aliphatic rings. The SMILES string of the molecule is CCc1ccccc1NC(=O)CNC(=O)CCc1c(C)nc(SC)nc1C. The molecule has 2 aromatic rings. The van der Waals surface area contributed by atoms with Gasteiger partial charge in [-0.2, -0.15) is 0 Å². The van der Waals surface area contributed by atoms with E-state index in [0.717, 1.165) is 39.8 Å². The molecule has 0 unspecified atom stereocenters. The van der Waals surface area contributed by atoms with Crippen molar-refractivity contribution in [2.24, 2.45) is 0 Å². The number of rotatable bonds is 8. The van der Waals surface area contributed by atoms with Gasteiger partial charge in [0.2, 0.25) is 11.8 Å². The Hall–Kier alpha value is -2.41. The lowest BCUT2D eigenvalue weighted by molar-refractivity contribution is -0.124. The minimum absolute atomic E-state index is 0.0449. The third-order valence-corrected chi connectivity index (χ3v) is 4.85. The molecule has 144 valence electrons. The number of aromatic nitrogens is 2. The first-order chi connectivity index (χ1) is 12.9. The first-order valence-electron chi connectivity index (χ1n) is 8.97. The van der Waals surface area contributed by atoms with Crippen LogP contribution in [0.2, 0.25) is 0 Å². The number of carbonyl (C=O) groups is 2. The van der Waals surface area contributed by atoms with Gasteiger partial charge in [-0.3, -0.25) is 9.59 Å². The number of anilines is 1. The van der Waals surface area contributed by atoms with Crippen molar-refractivity contribution in [3.8, 4) is 0 Å². The molecular formula is C20H26N4O2S. The third-order valence-electron chi connectivity index (χ3n) is 4.30. The van der Waals surface area contributed by atoms with E-state index in [0.29, 0.717) is 12.8 Å². The number of hydrogen-bond acceptors (Lipinski definition) is 5. The largest absolute Gasteiger partial charge is 0.347 e. The van der Waals surface area contributed by atoms with Gasteiger partial charge in [0.05, 0.1) is 6.54 Å². The van der Waals surface area contributed by atoms with E-state index in [1.165, 1.54) is 11.8 Å². The summed E-state index contributed by atoms with van der Waals surface area (Å²) in [7, 11) is 0. The fourth-order valence-corrected chi connectivity index (χ4v) is 3.27. The molecule has 0 bridgehead atoms. The van der Waals surface area contributed by atoms with Crippen molar-refractivity contribution in [1.29, 1.82) is 0 Å². The summed E-state index contributed by atoms with van der Waals surface area (Å²) in [4.78, 5) is 33.0. The van der Waals surface area contributed by atoms with Gasteiger partial charge in [-0.05, 0) is 50.1 Å². The number of aryl methyl sites for hydroxylation is 3. The molecule has 0 saturated heterocycles. The molecule has 0 fully saturated rings. The minimum Gasteiger partial charge on any atom is -0.347 e. The Labute approximate surface area is 164 Å². The summed E-state index contributed by atoms with van der Waals surface area (Å²) >= 11 is 1.50. The number of thioether (sulfide) groups is 1. The molecule has 0 aliphatic heterocycles. The van der Waals surface area contributed by atoms with E-state index < -0.39 is 0 Å². The van der Waals surface area contributed by atoms with Crippen LogP contribution >= 0.6 is 11.8 Å².